The third kappa shape index (κ3) is 3.38. The summed E-state index contributed by atoms with van der Waals surface area (Å²) in [7, 11) is -3.54. The van der Waals surface area contributed by atoms with Crippen molar-refractivity contribution >= 4 is 33.0 Å². The number of nitrogens with one attached hydrogen (secondary N) is 2. The number of halogens is 1. The highest BCUT2D eigenvalue weighted by atomic mass is 35.5. The van der Waals surface area contributed by atoms with Gasteiger partial charge in [0.25, 0.3) is 0 Å². The lowest BCUT2D eigenvalue weighted by Gasteiger charge is -2.02. The summed E-state index contributed by atoms with van der Waals surface area (Å²) in [4.78, 5) is 4.24. The van der Waals surface area contributed by atoms with Gasteiger partial charge < -0.3 is 4.42 Å². The molecule has 0 radical (unpaired) electrons. The van der Waals surface area contributed by atoms with E-state index in [1.54, 1.807) is 18.2 Å². The van der Waals surface area contributed by atoms with Crippen molar-refractivity contribution in [3.63, 3.8) is 0 Å². The molecule has 0 spiro atoms. The van der Waals surface area contributed by atoms with E-state index in [0.29, 0.717) is 28.2 Å². The van der Waals surface area contributed by atoms with Gasteiger partial charge in [-0.15, -0.1) is 11.3 Å². The highest BCUT2D eigenvalue weighted by molar-refractivity contribution is 7.91. The molecule has 3 aromatic heterocycles. The van der Waals surface area contributed by atoms with E-state index in [9.17, 15) is 8.42 Å². The van der Waals surface area contributed by atoms with Crippen LogP contribution >= 0.6 is 22.9 Å². The Bertz CT molecular complexity index is 855. The molecule has 0 aliphatic carbocycles. The quantitative estimate of drug-likeness (QED) is 0.704. The van der Waals surface area contributed by atoms with Crippen LogP contribution in [-0.2, 0) is 16.4 Å². The predicted molar refractivity (Wildman–Crippen MR) is 82.3 cm³/mol. The van der Waals surface area contributed by atoms with Crippen molar-refractivity contribution in [2.75, 3.05) is 6.54 Å². The highest BCUT2D eigenvalue weighted by Gasteiger charge is 2.16. The van der Waals surface area contributed by atoms with Crippen LogP contribution in [0.5, 0.6) is 0 Å². The van der Waals surface area contributed by atoms with Crippen LogP contribution in [0.25, 0.3) is 11.6 Å². The molecule has 3 rings (SSSR count). The molecule has 0 aromatic carbocycles. The lowest BCUT2D eigenvalue weighted by molar-refractivity contribution is 0.577. The number of aromatic amines is 1. The molecule has 0 saturated heterocycles. The van der Waals surface area contributed by atoms with Gasteiger partial charge >= 0.3 is 0 Å². The molecule has 3 heterocycles. The van der Waals surface area contributed by atoms with Gasteiger partial charge in [0.15, 0.2) is 5.76 Å². The van der Waals surface area contributed by atoms with Crippen LogP contribution in [-0.4, -0.2) is 30.1 Å². The first-order valence-corrected chi connectivity index (χ1v) is 8.92. The van der Waals surface area contributed by atoms with Crippen LogP contribution in [0, 0.1) is 0 Å². The fraction of sp³-hybridized carbons (Fsp3) is 0.167. The lowest BCUT2D eigenvalue weighted by atomic mass is 10.4. The Labute approximate surface area is 135 Å². The van der Waals surface area contributed by atoms with Crippen LogP contribution in [0.3, 0.4) is 0 Å². The molecule has 0 aliphatic rings. The monoisotopic (exact) mass is 358 g/mol. The third-order valence-corrected chi connectivity index (χ3v) is 5.92. The Morgan fingerprint density at radius 2 is 2.23 bits per heavy atom. The van der Waals surface area contributed by atoms with Gasteiger partial charge in [0, 0.05) is 13.0 Å². The maximum atomic E-state index is 12.0. The van der Waals surface area contributed by atoms with Gasteiger partial charge in [-0.05, 0) is 24.3 Å². The Morgan fingerprint density at radius 1 is 1.36 bits per heavy atom. The number of hydrogen-bond acceptors (Lipinski definition) is 6. The van der Waals surface area contributed by atoms with E-state index >= 15 is 0 Å². The number of nitrogens with zero attached hydrogens (tertiary/aromatic N) is 2. The molecule has 0 atom stereocenters. The van der Waals surface area contributed by atoms with E-state index in [1.165, 1.54) is 12.3 Å². The molecule has 0 bridgehead atoms. The molecule has 0 saturated carbocycles. The summed E-state index contributed by atoms with van der Waals surface area (Å²) in [6, 6.07) is 6.51. The summed E-state index contributed by atoms with van der Waals surface area (Å²) in [6.07, 6.45) is 1.91. The molecule has 0 aliphatic heterocycles. The van der Waals surface area contributed by atoms with Gasteiger partial charge in [-0.2, -0.15) is 5.10 Å². The van der Waals surface area contributed by atoms with Gasteiger partial charge in [-0.3, -0.25) is 5.10 Å². The van der Waals surface area contributed by atoms with Crippen molar-refractivity contribution in [1.29, 1.82) is 0 Å². The summed E-state index contributed by atoms with van der Waals surface area (Å²) < 4.78 is 32.3. The average molecular weight is 359 g/mol. The number of sulfonamides is 1. The van der Waals surface area contributed by atoms with Gasteiger partial charge in [0.2, 0.25) is 15.8 Å². The summed E-state index contributed by atoms with van der Waals surface area (Å²) >= 11 is 6.75. The summed E-state index contributed by atoms with van der Waals surface area (Å²) in [5.41, 5.74) is 0. The molecule has 10 heteroatoms. The number of rotatable bonds is 6. The first-order valence-electron chi connectivity index (χ1n) is 6.25. The second kappa shape index (κ2) is 6.21. The Hall–Kier alpha value is -1.68. The Balaban J connectivity index is 1.59. The van der Waals surface area contributed by atoms with Gasteiger partial charge in [-0.25, -0.2) is 18.1 Å². The van der Waals surface area contributed by atoms with E-state index in [1.807, 2.05) is 0 Å². The molecule has 3 aromatic rings. The maximum Gasteiger partial charge on any atom is 0.250 e. The lowest BCUT2D eigenvalue weighted by Crippen LogP contribution is -2.25. The zero-order valence-corrected chi connectivity index (χ0v) is 13.5. The van der Waals surface area contributed by atoms with Gasteiger partial charge in [0.05, 0.1) is 10.6 Å². The number of furan rings is 1. The van der Waals surface area contributed by atoms with Crippen molar-refractivity contribution in [2.45, 2.75) is 10.6 Å². The van der Waals surface area contributed by atoms with Crippen molar-refractivity contribution in [1.82, 2.24) is 19.9 Å². The second-order valence-corrected chi connectivity index (χ2v) is 8.00. The summed E-state index contributed by atoms with van der Waals surface area (Å²) in [5.74, 6) is 1.56. The molecule has 2 N–H and O–H groups in total. The molecule has 116 valence electrons. The third-order valence-electron chi connectivity index (χ3n) is 2.74. The van der Waals surface area contributed by atoms with E-state index in [0.717, 1.165) is 11.3 Å². The Morgan fingerprint density at radius 3 is 2.91 bits per heavy atom. The van der Waals surface area contributed by atoms with Crippen LogP contribution in [0.4, 0.5) is 0 Å². The molecular weight excluding hydrogens is 348 g/mol. The minimum atomic E-state index is -3.54. The second-order valence-electron chi connectivity index (χ2n) is 4.29. The van der Waals surface area contributed by atoms with Crippen molar-refractivity contribution in [3.8, 4) is 11.6 Å². The van der Waals surface area contributed by atoms with Gasteiger partial charge in [0.1, 0.15) is 10.0 Å². The maximum absolute atomic E-state index is 12.0. The van der Waals surface area contributed by atoms with Crippen molar-refractivity contribution < 1.29 is 12.8 Å². The summed E-state index contributed by atoms with van der Waals surface area (Å²) in [6.45, 7) is 0.199. The first-order chi connectivity index (χ1) is 10.5. The summed E-state index contributed by atoms with van der Waals surface area (Å²) in [5, 5.41) is 6.76. The zero-order chi connectivity index (χ0) is 15.6. The van der Waals surface area contributed by atoms with Crippen LogP contribution in [0.1, 0.15) is 5.82 Å². The largest absolute Gasteiger partial charge is 0.461 e. The highest BCUT2D eigenvalue weighted by Crippen LogP contribution is 2.25. The topological polar surface area (TPSA) is 101 Å². The zero-order valence-electron chi connectivity index (χ0n) is 11.1. The number of H-pyrrole nitrogens is 1. The van der Waals surface area contributed by atoms with Crippen molar-refractivity contribution in [3.05, 3.63) is 40.7 Å². The smallest absolute Gasteiger partial charge is 0.250 e. The predicted octanol–water partition coefficient (Wildman–Crippen LogP) is 2.30. The number of thiophene rings is 1. The molecular formula is C12H11ClN4O3S2. The van der Waals surface area contributed by atoms with E-state index in [4.69, 9.17) is 16.0 Å². The van der Waals surface area contributed by atoms with Crippen LogP contribution in [0.2, 0.25) is 4.34 Å². The van der Waals surface area contributed by atoms with E-state index in [-0.39, 0.29) is 10.8 Å². The minimum absolute atomic E-state index is 0.186. The molecule has 0 amide bonds. The molecule has 0 unspecified atom stereocenters. The fourth-order valence-corrected chi connectivity index (χ4v) is 4.30. The van der Waals surface area contributed by atoms with E-state index < -0.39 is 10.0 Å². The SMILES string of the molecule is O=S(=O)(NCCc1nc(-c2ccco2)n[nH]1)c1ccc(Cl)s1. The fourth-order valence-electron chi connectivity index (χ4n) is 1.74. The number of hydrogen-bond donors (Lipinski definition) is 2. The standard InChI is InChI=1S/C12H11ClN4O3S2/c13-9-3-4-11(21-9)22(18,19)14-6-5-10-15-12(17-16-10)8-2-1-7-20-8/h1-4,7,14H,5-6H2,(H,15,16,17). The normalized spacial score (nSPS) is 11.9. The molecule has 22 heavy (non-hydrogen) atoms. The van der Waals surface area contributed by atoms with Gasteiger partial charge in [-0.1, -0.05) is 11.6 Å². The first kappa shape index (κ1) is 15.2. The van der Waals surface area contributed by atoms with E-state index in [2.05, 4.69) is 19.9 Å². The minimum Gasteiger partial charge on any atom is -0.461 e. The molecule has 0 fully saturated rings. The van der Waals surface area contributed by atoms with Crippen LogP contribution in [0.15, 0.2) is 39.2 Å². The van der Waals surface area contributed by atoms with Crippen LogP contribution < -0.4 is 4.72 Å². The average Bonchev–Trinajstić information content (AvgIpc) is 3.18. The Kier molecular flexibility index (Phi) is 4.30. The van der Waals surface area contributed by atoms with Crippen molar-refractivity contribution in [2.24, 2.45) is 0 Å². The molecule has 7 nitrogen and oxygen atoms in total. The number of aromatic nitrogens is 3.